The maximum Gasteiger partial charge on any atom is 0.254 e. The number of Topliss-reactive ketones (excluding diaryl/α,β-unsaturated/α-hetero) is 1. The quantitative estimate of drug-likeness (QED) is 0.353. The summed E-state index contributed by atoms with van der Waals surface area (Å²) in [6.45, 7) is -0.249. The largest absolute Gasteiger partial charge is 0.393 e. The molecule has 2 amide bonds. The molecule has 0 aliphatic rings. The molecule has 33 heavy (non-hydrogen) atoms. The van der Waals surface area contributed by atoms with Gasteiger partial charge in [-0.15, -0.1) is 0 Å². The van der Waals surface area contributed by atoms with E-state index < -0.39 is 48.3 Å². The van der Waals surface area contributed by atoms with E-state index in [2.05, 4.69) is 17.2 Å². The van der Waals surface area contributed by atoms with Crippen molar-refractivity contribution in [2.24, 2.45) is 0 Å². The predicted octanol–water partition coefficient (Wildman–Crippen LogP) is 0.389. The third-order valence-electron chi connectivity index (χ3n) is 5.35. The van der Waals surface area contributed by atoms with Gasteiger partial charge in [-0.05, 0) is 43.3 Å². The lowest BCUT2D eigenvalue weighted by atomic mass is 9.92. The van der Waals surface area contributed by atoms with Crippen molar-refractivity contribution in [1.29, 1.82) is 0 Å². The van der Waals surface area contributed by atoms with Crippen molar-refractivity contribution in [3.63, 3.8) is 0 Å². The summed E-state index contributed by atoms with van der Waals surface area (Å²) >= 11 is 0. The van der Waals surface area contributed by atoms with Gasteiger partial charge in [0.1, 0.15) is 18.5 Å². The van der Waals surface area contributed by atoms with Crippen molar-refractivity contribution in [2.75, 3.05) is 27.3 Å². The molecule has 2 aromatic rings. The summed E-state index contributed by atoms with van der Waals surface area (Å²) in [5.41, 5.74) is -0.852. The number of halogens is 1. The van der Waals surface area contributed by atoms with Gasteiger partial charge in [0.05, 0.1) is 6.61 Å². The van der Waals surface area contributed by atoms with Gasteiger partial charge < -0.3 is 25.5 Å². The Morgan fingerprint density at radius 3 is 2.18 bits per heavy atom. The van der Waals surface area contributed by atoms with Crippen molar-refractivity contribution in [3.05, 3.63) is 70.5 Å². The van der Waals surface area contributed by atoms with Crippen molar-refractivity contribution < 1.29 is 34.1 Å². The molecule has 2 rings (SSSR count). The Morgan fingerprint density at radius 2 is 1.67 bits per heavy atom. The number of amides is 2. The molecule has 4 N–H and O–H groups in total. The van der Waals surface area contributed by atoms with Crippen molar-refractivity contribution in [3.8, 4) is 11.8 Å². The van der Waals surface area contributed by atoms with Gasteiger partial charge in [-0.1, -0.05) is 17.9 Å². The standard InChI is InChI=1S/C24H25FN2O6/c1-24(21(31)14-29,23(33)26-2)27(3)22(32)17-9-6-15(7-10-17)4-5-16-8-11-18(19(25)12-16)20(30)13-28/h6-12,20,28-30H,13-14H2,1-3H3,(H,26,33)/t20-,24+/m0/s1. The molecule has 0 aromatic heterocycles. The summed E-state index contributed by atoms with van der Waals surface area (Å²) < 4.78 is 14.0. The molecule has 0 spiro atoms. The summed E-state index contributed by atoms with van der Waals surface area (Å²) in [7, 11) is 2.62. The van der Waals surface area contributed by atoms with E-state index in [1.165, 1.54) is 45.3 Å². The van der Waals surface area contributed by atoms with Gasteiger partial charge in [0.25, 0.3) is 11.8 Å². The van der Waals surface area contributed by atoms with Crippen molar-refractivity contribution in [2.45, 2.75) is 18.6 Å². The SMILES string of the molecule is CNC(=O)[C@@](C)(C(=O)CO)N(C)C(=O)c1ccc(C#Cc2ccc([C@@H](O)CO)c(F)c2)cc1. The second-order valence-corrected chi connectivity index (χ2v) is 7.36. The zero-order chi connectivity index (χ0) is 24.8. The third kappa shape index (κ3) is 5.43. The monoisotopic (exact) mass is 456 g/mol. The highest BCUT2D eigenvalue weighted by atomic mass is 19.1. The van der Waals surface area contributed by atoms with E-state index >= 15 is 0 Å². The molecule has 9 heteroatoms. The van der Waals surface area contributed by atoms with E-state index in [1.807, 2.05) is 0 Å². The second-order valence-electron chi connectivity index (χ2n) is 7.36. The van der Waals surface area contributed by atoms with Crippen LogP contribution in [0.25, 0.3) is 0 Å². The Morgan fingerprint density at radius 1 is 1.09 bits per heavy atom. The molecule has 0 fully saturated rings. The second kappa shape index (κ2) is 10.8. The van der Waals surface area contributed by atoms with Crippen LogP contribution in [0.3, 0.4) is 0 Å². The van der Waals surface area contributed by atoms with E-state index in [9.17, 15) is 29.0 Å². The number of rotatable bonds is 7. The fourth-order valence-electron chi connectivity index (χ4n) is 3.07. The number of ketones is 1. The van der Waals surface area contributed by atoms with Gasteiger partial charge in [0.15, 0.2) is 11.3 Å². The Bertz CT molecular complexity index is 1090. The van der Waals surface area contributed by atoms with Gasteiger partial charge >= 0.3 is 0 Å². The number of nitrogens with zero attached hydrogens (tertiary/aromatic N) is 1. The third-order valence-corrected chi connectivity index (χ3v) is 5.35. The first-order valence-electron chi connectivity index (χ1n) is 9.95. The first kappa shape index (κ1) is 25.7. The number of aliphatic hydroxyl groups is 3. The molecular weight excluding hydrogens is 431 g/mol. The molecule has 2 atom stereocenters. The maximum absolute atomic E-state index is 14.0. The summed E-state index contributed by atoms with van der Waals surface area (Å²) in [6.07, 6.45) is -1.31. The van der Waals surface area contributed by atoms with Crippen LogP contribution < -0.4 is 5.32 Å². The average molecular weight is 456 g/mol. The van der Waals surface area contributed by atoms with Gasteiger partial charge in [-0.2, -0.15) is 0 Å². The average Bonchev–Trinajstić information content (AvgIpc) is 2.84. The van der Waals surface area contributed by atoms with Gasteiger partial charge in [-0.25, -0.2) is 4.39 Å². The van der Waals surface area contributed by atoms with E-state index in [0.717, 1.165) is 11.0 Å². The fourth-order valence-corrected chi connectivity index (χ4v) is 3.07. The fraction of sp³-hybridized carbons (Fsp3) is 0.292. The molecule has 0 unspecified atom stereocenters. The minimum atomic E-state index is -1.89. The van der Waals surface area contributed by atoms with Gasteiger partial charge in [0.2, 0.25) is 0 Å². The molecule has 2 aromatic carbocycles. The number of benzene rings is 2. The molecule has 0 radical (unpaired) electrons. The lowest BCUT2D eigenvalue weighted by molar-refractivity contribution is -0.143. The minimum Gasteiger partial charge on any atom is -0.393 e. The number of carbonyl (C=O) groups excluding carboxylic acids is 3. The van der Waals surface area contributed by atoms with Crippen molar-refractivity contribution in [1.82, 2.24) is 10.2 Å². The number of aliphatic hydroxyl groups excluding tert-OH is 3. The predicted molar refractivity (Wildman–Crippen MR) is 118 cm³/mol. The molecule has 0 bridgehead atoms. The lowest BCUT2D eigenvalue weighted by Crippen LogP contribution is -2.62. The highest BCUT2D eigenvalue weighted by Crippen LogP contribution is 2.20. The highest BCUT2D eigenvalue weighted by Gasteiger charge is 2.46. The van der Waals surface area contributed by atoms with Crippen molar-refractivity contribution >= 4 is 17.6 Å². The zero-order valence-electron chi connectivity index (χ0n) is 18.4. The number of carbonyl (C=O) groups is 3. The van der Waals surface area contributed by atoms with Crippen LogP contribution >= 0.6 is 0 Å². The Kier molecular flexibility index (Phi) is 8.43. The van der Waals surface area contributed by atoms with Crippen LogP contribution in [-0.4, -0.2) is 70.7 Å². The number of hydrogen-bond donors (Lipinski definition) is 4. The van der Waals surface area contributed by atoms with Crippen LogP contribution in [0.4, 0.5) is 4.39 Å². The topological polar surface area (TPSA) is 127 Å². The molecule has 174 valence electrons. The molecule has 0 aliphatic carbocycles. The molecule has 0 aliphatic heterocycles. The minimum absolute atomic E-state index is 0.0292. The number of hydrogen-bond acceptors (Lipinski definition) is 6. The van der Waals surface area contributed by atoms with E-state index in [0.29, 0.717) is 11.1 Å². The molecule has 0 heterocycles. The summed E-state index contributed by atoms with van der Waals surface area (Å²) in [5, 5.41) is 30.1. The smallest absolute Gasteiger partial charge is 0.254 e. The van der Waals surface area contributed by atoms with E-state index in [4.69, 9.17) is 5.11 Å². The van der Waals surface area contributed by atoms with Gasteiger partial charge in [0, 0.05) is 36.3 Å². The first-order valence-corrected chi connectivity index (χ1v) is 9.95. The highest BCUT2D eigenvalue weighted by molar-refractivity contribution is 6.14. The van der Waals surface area contributed by atoms with E-state index in [-0.39, 0.29) is 11.1 Å². The number of nitrogens with one attached hydrogen (secondary N) is 1. The number of likely N-dealkylation sites (N-methyl/N-ethyl adjacent to an activating group) is 2. The Balaban J connectivity index is 2.24. The van der Waals surface area contributed by atoms with Gasteiger partial charge in [-0.3, -0.25) is 14.4 Å². The van der Waals surface area contributed by atoms with Crippen LogP contribution in [0.5, 0.6) is 0 Å². The van der Waals surface area contributed by atoms with Crippen LogP contribution in [0, 0.1) is 17.7 Å². The molecule has 0 saturated heterocycles. The molecule has 0 saturated carbocycles. The summed E-state index contributed by atoms with van der Waals surface area (Å²) in [5.74, 6) is 2.74. The van der Waals surface area contributed by atoms with Crippen LogP contribution in [0.2, 0.25) is 0 Å². The zero-order valence-corrected chi connectivity index (χ0v) is 18.4. The Labute approximate surface area is 190 Å². The normalized spacial score (nSPS) is 13.2. The molecule has 8 nitrogen and oxygen atoms in total. The van der Waals surface area contributed by atoms with Crippen LogP contribution in [0.15, 0.2) is 42.5 Å². The summed E-state index contributed by atoms with van der Waals surface area (Å²) in [6, 6.07) is 10.0. The Hall–Kier alpha value is -3.58. The molecular formula is C24H25FN2O6. The van der Waals surface area contributed by atoms with E-state index in [1.54, 1.807) is 12.1 Å². The van der Waals surface area contributed by atoms with Crippen LogP contribution in [-0.2, 0) is 9.59 Å². The lowest BCUT2D eigenvalue weighted by Gasteiger charge is -2.35. The maximum atomic E-state index is 14.0. The summed E-state index contributed by atoms with van der Waals surface area (Å²) in [4.78, 5) is 38.3. The van der Waals surface area contributed by atoms with Crippen LogP contribution in [0.1, 0.15) is 40.1 Å². The first-order chi connectivity index (χ1) is 15.6.